The molecule has 0 fully saturated rings. The molecule has 0 aromatic heterocycles. The van der Waals surface area contributed by atoms with Crippen LogP contribution in [0.15, 0.2) is 61.3 Å². The first kappa shape index (κ1) is 35.2. The van der Waals surface area contributed by atoms with E-state index in [1.54, 1.807) is 6.07 Å². The second-order valence-corrected chi connectivity index (χ2v) is 4.68. The molecule has 0 unspecified atom stereocenters. The van der Waals surface area contributed by atoms with Crippen molar-refractivity contribution in [3.63, 3.8) is 0 Å². The van der Waals surface area contributed by atoms with Crippen molar-refractivity contribution in [3.8, 4) is 6.07 Å². The van der Waals surface area contributed by atoms with E-state index < -0.39 is 23.9 Å². The molecule has 0 saturated heterocycles. The molecule has 9 nitrogen and oxygen atoms in total. The Morgan fingerprint density at radius 3 is 0.714 bits per heavy atom. The molecule has 156 valence electrons. The third-order valence-corrected chi connectivity index (χ3v) is 1.55. The van der Waals surface area contributed by atoms with Crippen LogP contribution in [0.3, 0.4) is 0 Å². The largest absolute Gasteiger partial charge is 0.478 e. The minimum Gasteiger partial charge on any atom is -0.478 e. The van der Waals surface area contributed by atoms with Crippen LogP contribution in [0.25, 0.3) is 0 Å². The summed E-state index contributed by atoms with van der Waals surface area (Å²) >= 11 is 0. The summed E-state index contributed by atoms with van der Waals surface area (Å²) in [6, 6.07) is 1.69. The van der Waals surface area contributed by atoms with Crippen LogP contribution >= 0.6 is 0 Å². The third-order valence-electron chi connectivity index (χ3n) is 1.55. The number of carbonyl (C=O) groups is 4. The van der Waals surface area contributed by atoms with Gasteiger partial charge in [0, 0.05) is 28.4 Å². The van der Waals surface area contributed by atoms with E-state index in [9.17, 15) is 19.2 Å². The van der Waals surface area contributed by atoms with Gasteiger partial charge >= 0.3 is 23.9 Å². The van der Waals surface area contributed by atoms with E-state index in [4.69, 9.17) is 25.7 Å². The first-order valence-corrected chi connectivity index (χ1v) is 7.05. The highest BCUT2D eigenvalue weighted by atomic mass is 16.4. The van der Waals surface area contributed by atoms with Gasteiger partial charge in [-0.05, 0) is 27.7 Å². The Labute approximate surface area is 164 Å². The molecule has 4 N–H and O–H groups in total. The number of hydrogen-bond acceptors (Lipinski definition) is 5. The topological polar surface area (TPSA) is 173 Å². The highest BCUT2D eigenvalue weighted by Gasteiger charge is 1.91. The van der Waals surface area contributed by atoms with Gasteiger partial charge in [-0.15, -0.1) is 0 Å². The summed E-state index contributed by atoms with van der Waals surface area (Å²) in [4.78, 5) is 38.4. The fourth-order valence-electron chi connectivity index (χ4n) is 0. The van der Waals surface area contributed by atoms with Crippen LogP contribution in [0, 0.1) is 11.3 Å². The van der Waals surface area contributed by atoms with Crippen molar-refractivity contribution in [2.75, 3.05) is 0 Å². The van der Waals surface area contributed by atoms with Gasteiger partial charge < -0.3 is 20.4 Å². The number of aliphatic carboxylic acids is 4. The van der Waals surface area contributed by atoms with E-state index in [2.05, 4.69) is 32.9 Å². The fraction of sp³-hybridized carbons (Fsp3) is 0.211. The Morgan fingerprint density at radius 1 is 0.643 bits per heavy atom. The molecule has 0 amide bonds. The number of rotatable bonds is 4. The van der Waals surface area contributed by atoms with Crippen LogP contribution in [0.2, 0.25) is 0 Å². The van der Waals surface area contributed by atoms with Crippen molar-refractivity contribution < 1.29 is 39.6 Å². The fourth-order valence-corrected chi connectivity index (χ4v) is 0. The molecule has 0 aliphatic rings. The molecule has 0 saturated carbocycles. The van der Waals surface area contributed by atoms with Gasteiger partial charge in [0.25, 0.3) is 0 Å². The zero-order valence-electron chi connectivity index (χ0n) is 16.5. The highest BCUT2D eigenvalue weighted by Crippen LogP contribution is 1.82. The van der Waals surface area contributed by atoms with Crippen LogP contribution in [0.5, 0.6) is 0 Å². The molecule has 0 aromatic rings. The molecule has 0 radical (unpaired) electrons. The average molecular weight is 397 g/mol. The lowest BCUT2D eigenvalue weighted by Crippen LogP contribution is -1.92. The van der Waals surface area contributed by atoms with E-state index in [-0.39, 0.29) is 22.3 Å². The van der Waals surface area contributed by atoms with Crippen molar-refractivity contribution in [2.45, 2.75) is 27.7 Å². The maximum Gasteiger partial charge on any atom is 0.330 e. The van der Waals surface area contributed by atoms with E-state index in [1.165, 1.54) is 33.8 Å². The lowest BCUT2D eigenvalue weighted by atomic mass is 10.4. The molecule has 0 aliphatic heterocycles. The third kappa shape index (κ3) is 57.4. The predicted octanol–water partition coefficient (Wildman–Crippen LogP) is 3.28. The molecule has 0 atom stereocenters. The second-order valence-electron chi connectivity index (χ2n) is 4.68. The standard InChI is InChI=1S/4C4H6O2.C3H3N/c4*1-3(2)4(5)6;1-2-3-4/h4*1H2,2H3,(H,5,6);2H,1H2. The summed E-state index contributed by atoms with van der Waals surface area (Å²) < 4.78 is 0. The number of nitrogens with zero attached hydrogens (tertiary/aromatic N) is 1. The van der Waals surface area contributed by atoms with Gasteiger partial charge in [-0.3, -0.25) is 0 Å². The van der Waals surface area contributed by atoms with Gasteiger partial charge in [0.05, 0.1) is 6.07 Å². The Hall–Kier alpha value is -3.93. The minimum absolute atomic E-state index is 0.176. The zero-order valence-corrected chi connectivity index (χ0v) is 16.5. The van der Waals surface area contributed by atoms with E-state index in [0.717, 1.165) is 0 Å². The minimum atomic E-state index is -0.935. The predicted molar refractivity (Wildman–Crippen MR) is 106 cm³/mol. The average Bonchev–Trinajstić information content (AvgIpc) is 2.56. The Kier molecular flexibility index (Phi) is 29.0. The molecule has 0 spiro atoms. The summed E-state index contributed by atoms with van der Waals surface area (Å²) in [7, 11) is 0. The lowest BCUT2D eigenvalue weighted by molar-refractivity contribution is -0.133. The number of carboxylic acids is 4. The number of carboxylic acid groups (broad SMARTS) is 4. The van der Waals surface area contributed by atoms with Crippen molar-refractivity contribution in [2.24, 2.45) is 0 Å². The molecule has 28 heavy (non-hydrogen) atoms. The van der Waals surface area contributed by atoms with Gasteiger partial charge in [-0.2, -0.15) is 5.26 Å². The molecule has 0 aliphatic carbocycles. The Bertz CT molecular complexity index is 507. The summed E-state index contributed by atoms with van der Waals surface area (Å²) in [6.45, 7) is 21.5. The van der Waals surface area contributed by atoms with Gasteiger partial charge in [0.15, 0.2) is 0 Å². The zero-order chi connectivity index (χ0) is 24.0. The van der Waals surface area contributed by atoms with E-state index in [1.807, 2.05) is 0 Å². The Morgan fingerprint density at radius 2 is 0.714 bits per heavy atom. The molecular formula is C19H27NO8. The second kappa shape index (κ2) is 23.1. The molecular weight excluding hydrogens is 370 g/mol. The van der Waals surface area contributed by atoms with Gasteiger partial charge in [0.2, 0.25) is 0 Å². The van der Waals surface area contributed by atoms with Crippen molar-refractivity contribution in [1.82, 2.24) is 0 Å². The lowest BCUT2D eigenvalue weighted by Gasteiger charge is -1.79. The van der Waals surface area contributed by atoms with Crippen molar-refractivity contribution in [1.29, 1.82) is 5.26 Å². The van der Waals surface area contributed by atoms with Gasteiger partial charge in [-0.1, -0.05) is 32.9 Å². The van der Waals surface area contributed by atoms with E-state index in [0.29, 0.717) is 0 Å². The first-order chi connectivity index (χ1) is 12.5. The molecule has 0 bridgehead atoms. The summed E-state index contributed by atoms with van der Waals surface area (Å²) in [6.07, 6.45) is 1.18. The summed E-state index contributed by atoms with van der Waals surface area (Å²) in [5.41, 5.74) is 0.704. The van der Waals surface area contributed by atoms with Gasteiger partial charge in [0.1, 0.15) is 0 Å². The highest BCUT2D eigenvalue weighted by molar-refractivity contribution is 5.85. The smallest absolute Gasteiger partial charge is 0.330 e. The SMILES string of the molecule is C=C(C)C(=O)O.C=C(C)C(=O)O.C=C(C)C(=O)O.C=C(C)C(=O)O.C=CC#N. The van der Waals surface area contributed by atoms with Crippen LogP contribution in [-0.4, -0.2) is 44.3 Å². The normalized spacial score (nSPS) is 6.96. The summed E-state index contributed by atoms with van der Waals surface area (Å²) in [5, 5.41) is 39.1. The first-order valence-electron chi connectivity index (χ1n) is 7.05. The van der Waals surface area contributed by atoms with Crippen LogP contribution in [0.1, 0.15) is 27.7 Å². The monoisotopic (exact) mass is 397 g/mol. The van der Waals surface area contributed by atoms with Crippen molar-refractivity contribution in [3.05, 3.63) is 61.3 Å². The van der Waals surface area contributed by atoms with Crippen LogP contribution < -0.4 is 0 Å². The number of hydrogen-bond donors (Lipinski definition) is 4. The van der Waals surface area contributed by atoms with E-state index >= 15 is 0 Å². The maximum absolute atomic E-state index is 9.60. The Balaban J connectivity index is -0.0000000793. The molecule has 0 rings (SSSR count). The van der Waals surface area contributed by atoms with Crippen LogP contribution in [-0.2, 0) is 19.2 Å². The maximum atomic E-state index is 9.60. The molecule has 0 aromatic carbocycles. The molecule has 0 heterocycles. The van der Waals surface area contributed by atoms with Crippen LogP contribution in [0.4, 0.5) is 0 Å². The quantitative estimate of drug-likeness (QED) is 0.410. The van der Waals surface area contributed by atoms with Gasteiger partial charge in [-0.25, -0.2) is 19.2 Å². The number of allylic oxidation sites excluding steroid dienone is 1. The molecule has 9 heteroatoms. The number of nitriles is 1. The van der Waals surface area contributed by atoms with Crippen molar-refractivity contribution >= 4 is 23.9 Å². The summed E-state index contributed by atoms with van der Waals surface area (Å²) in [5.74, 6) is -3.74.